The van der Waals surface area contributed by atoms with E-state index in [4.69, 9.17) is 21.7 Å². The van der Waals surface area contributed by atoms with Crippen LogP contribution in [-0.2, 0) is 40.3 Å². The van der Waals surface area contributed by atoms with Gasteiger partial charge in [0.25, 0.3) is 5.17 Å². The molecule has 0 aliphatic heterocycles. The maximum atomic E-state index is 14.3. The summed E-state index contributed by atoms with van der Waals surface area (Å²) in [7, 11) is 1.69. The fourth-order valence-corrected chi connectivity index (χ4v) is 7.62. The van der Waals surface area contributed by atoms with Crippen LogP contribution in [0.4, 0.5) is 9.59 Å². The molecule has 0 spiro atoms. The van der Waals surface area contributed by atoms with Crippen LogP contribution in [0.25, 0.3) is 0 Å². The second-order valence-corrected chi connectivity index (χ2v) is 16.6. The molecule has 2 aromatic carbocycles. The molecule has 4 amide bonds. The highest BCUT2D eigenvalue weighted by atomic mass is 32.1. The molecule has 0 unspecified atom stereocenters. The number of carbonyl (C=O) groups excluding carboxylic acids is 3. The monoisotopic (exact) mass is 830 g/mol. The van der Waals surface area contributed by atoms with Crippen LogP contribution in [0.2, 0.25) is 0 Å². The number of benzene rings is 2. The summed E-state index contributed by atoms with van der Waals surface area (Å²) in [4.78, 5) is 56.4. The lowest BCUT2D eigenvalue weighted by molar-refractivity contribution is -0.124. The molecule has 0 aliphatic carbocycles. The Morgan fingerprint density at radius 3 is 2.21 bits per heavy atom. The van der Waals surface area contributed by atoms with Crippen LogP contribution >= 0.6 is 34.9 Å². The van der Waals surface area contributed by atoms with E-state index in [9.17, 15) is 14.4 Å². The summed E-state index contributed by atoms with van der Waals surface area (Å²) >= 11 is 8.70. The molecule has 4 atom stereocenters. The first-order valence-corrected chi connectivity index (χ1v) is 21.0. The van der Waals surface area contributed by atoms with Gasteiger partial charge in [0, 0.05) is 49.4 Å². The molecular formula is C41H50N8O5S3. The normalized spacial score (nSPS) is 13.3. The van der Waals surface area contributed by atoms with Crippen molar-refractivity contribution in [2.24, 2.45) is 5.92 Å². The zero-order valence-corrected chi connectivity index (χ0v) is 35.2. The highest BCUT2D eigenvalue weighted by Crippen LogP contribution is 2.21. The minimum Gasteiger partial charge on any atom is -0.465 e. The quantitative estimate of drug-likeness (QED) is 0.0797. The average Bonchev–Trinajstić information content (AvgIpc) is 4.01. The molecule has 0 fully saturated rings. The number of amides is 4. The van der Waals surface area contributed by atoms with E-state index in [0.29, 0.717) is 25.3 Å². The van der Waals surface area contributed by atoms with Crippen LogP contribution in [0.3, 0.4) is 0 Å². The summed E-state index contributed by atoms with van der Waals surface area (Å²) in [5, 5.41) is 12.3. The Balaban J connectivity index is 1.40. The van der Waals surface area contributed by atoms with Crippen molar-refractivity contribution < 1.29 is 23.9 Å². The van der Waals surface area contributed by atoms with Gasteiger partial charge in [-0.15, -0.1) is 22.7 Å². The second-order valence-electron chi connectivity index (χ2n) is 14.4. The Kier molecular flexibility index (Phi) is 16.1. The Hall–Kier alpha value is -5.19. The maximum absolute atomic E-state index is 14.3. The number of thiocarbonyl (C=S) groups is 1. The lowest BCUT2D eigenvalue weighted by atomic mass is 9.93. The molecule has 5 aromatic rings. The van der Waals surface area contributed by atoms with E-state index in [-0.39, 0.29) is 30.0 Å². The van der Waals surface area contributed by atoms with E-state index in [1.54, 1.807) is 47.1 Å². The third kappa shape index (κ3) is 13.5. The smallest absolute Gasteiger partial charge is 0.407 e. The van der Waals surface area contributed by atoms with Crippen LogP contribution < -0.4 is 16.0 Å². The molecule has 3 heterocycles. The van der Waals surface area contributed by atoms with Crippen LogP contribution in [0.5, 0.6) is 0 Å². The number of nitrogens with one attached hydrogen (secondary N) is 3. The Morgan fingerprint density at radius 1 is 0.912 bits per heavy atom. The first kappa shape index (κ1) is 42.9. The van der Waals surface area contributed by atoms with Gasteiger partial charge in [0.15, 0.2) is 0 Å². The van der Waals surface area contributed by atoms with E-state index >= 15 is 0 Å². The fourth-order valence-electron chi connectivity index (χ4n) is 6.06. The molecule has 0 saturated carbocycles. The van der Waals surface area contributed by atoms with Gasteiger partial charge in [-0.2, -0.15) is 0 Å². The largest absolute Gasteiger partial charge is 0.465 e. The van der Waals surface area contributed by atoms with Crippen molar-refractivity contribution in [3.8, 4) is 0 Å². The molecule has 3 N–H and O–H groups in total. The van der Waals surface area contributed by atoms with Gasteiger partial charge in [0.2, 0.25) is 5.91 Å². The SMILES string of the molecule is CC(C)c1nc(CN(C)C(=O)N[C@H](C(=O)N[C@@H](Cc2ccccc2)C[C@H](OC(=S)n2ccnc2)[C@H](Cc2ccccc2)NC(=O)OCc2cncs2)C(C)C)cs1. The van der Waals surface area contributed by atoms with Crippen LogP contribution in [0.1, 0.15) is 66.7 Å². The molecule has 16 heteroatoms. The first-order valence-electron chi connectivity index (χ1n) is 18.8. The van der Waals surface area contributed by atoms with Crippen LogP contribution in [-0.4, -0.2) is 78.9 Å². The number of hydrogen-bond donors (Lipinski definition) is 3. The Morgan fingerprint density at radius 2 is 1.61 bits per heavy atom. The minimum absolute atomic E-state index is 0.0560. The molecule has 302 valence electrons. The highest BCUT2D eigenvalue weighted by Gasteiger charge is 2.33. The molecule has 0 saturated heterocycles. The predicted octanol–water partition coefficient (Wildman–Crippen LogP) is 6.96. The maximum Gasteiger partial charge on any atom is 0.407 e. The minimum atomic E-state index is -0.855. The van der Waals surface area contributed by atoms with E-state index in [1.165, 1.54) is 22.6 Å². The van der Waals surface area contributed by atoms with Gasteiger partial charge >= 0.3 is 12.1 Å². The van der Waals surface area contributed by atoms with Crippen LogP contribution in [0, 0.1) is 5.92 Å². The van der Waals surface area contributed by atoms with Gasteiger partial charge in [0.1, 0.15) is 25.1 Å². The highest BCUT2D eigenvalue weighted by molar-refractivity contribution is 7.80. The summed E-state index contributed by atoms with van der Waals surface area (Å²) in [6.07, 6.45) is 6.08. The van der Waals surface area contributed by atoms with Crippen LogP contribution in [0.15, 0.2) is 96.5 Å². The average molecular weight is 831 g/mol. The summed E-state index contributed by atoms with van der Waals surface area (Å²) in [6, 6.07) is 17.1. The third-order valence-electron chi connectivity index (χ3n) is 9.07. The number of thiazole rings is 2. The van der Waals surface area contributed by atoms with E-state index in [2.05, 4.69) is 44.7 Å². The van der Waals surface area contributed by atoms with Crippen molar-refractivity contribution in [2.45, 2.75) is 90.3 Å². The molecule has 3 aromatic heterocycles. The Labute approximate surface area is 347 Å². The number of ether oxygens (including phenoxy) is 2. The third-order valence-corrected chi connectivity index (χ3v) is 11.3. The van der Waals surface area contributed by atoms with Gasteiger partial charge in [-0.25, -0.2) is 19.6 Å². The number of urea groups is 1. The standard InChI is InChI=1S/C41H50N8O5S3/c1-27(2)36(47-39(51)48(5)22-32-24-56-38(45-32)28(3)4)37(50)44-31(18-29-12-8-6-9-13-29)20-35(54-41(55)49-17-16-42-25-49)34(19-30-14-10-7-11-15-30)46-40(52)53-23-33-21-43-26-57-33/h6-17,21,24-28,31,34-36H,18-20,22-23H2,1-5H3,(H,44,50)(H,46,52)(H,47,51)/t31-,34-,35-,36-/m0/s1. The van der Waals surface area contributed by atoms with Gasteiger partial charge in [-0.05, 0) is 42.1 Å². The number of nitrogens with zero attached hydrogens (tertiary/aromatic N) is 5. The molecule has 0 aliphatic rings. The zero-order chi connectivity index (χ0) is 40.7. The molecule has 13 nitrogen and oxygen atoms in total. The summed E-state index contributed by atoms with van der Waals surface area (Å²) in [5.74, 6) is -0.302. The number of imidazole rings is 1. The van der Waals surface area contributed by atoms with E-state index in [0.717, 1.165) is 26.7 Å². The van der Waals surface area contributed by atoms with Gasteiger partial charge < -0.3 is 30.3 Å². The topological polar surface area (TPSA) is 153 Å². The second kappa shape index (κ2) is 21.4. The van der Waals surface area contributed by atoms with Gasteiger partial charge in [-0.1, -0.05) is 88.4 Å². The number of hydrogen-bond acceptors (Lipinski definition) is 11. The van der Waals surface area contributed by atoms with Crippen molar-refractivity contribution in [1.82, 2.24) is 40.4 Å². The number of aromatic nitrogens is 4. The lowest BCUT2D eigenvalue weighted by Gasteiger charge is -2.33. The molecular weight excluding hydrogens is 781 g/mol. The Bertz CT molecular complexity index is 1990. The van der Waals surface area contributed by atoms with Gasteiger partial charge in [-0.3, -0.25) is 14.3 Å². The zero-order valence-electron chi connectivity index (χ0n) is 32.7. The first-order chi connectivity index (χ1) is 27.4. The van der Waals surface area contributed by atoms with Crippen molar-refractivity contribution >= 4 is 58.1 Å². The number of rotatable bonds is 18. The summed E-state index contributed by atoms with van der Waals surface area (Å²) in [5.41, 5.74) is 4.39. The lowest BCUT2D eigenvalue weighted by Crippen LogP contribution is -2.56. The van der Waals surface area contributed by atoms with E-state index < -0.39 is 36.4 Å². The number of carbonyl (C=O) groups is 3. The molecule has 0 radical (unpaired) electrons. The van der Waals surface area contributed by atoms with Crippen molar-refractivity contribution in [2.75, 3.05) is 7.05 Å². The molecule has 0 bridgehead atoms. The fraction of sp³-hybridized carbons (Fsp3) is 0.390. The van der Waals surface area contributed by atoms with Gasteiger partial charge in [0.05, 0.1) is 33.7 Å². The molecule has 5 rings (SSSR count). The summed E-state index contributed by atoms with van der Waals surface area (Å²) < 4.78 is 13.7. The van der Waals surface area contributed by atoms with E-state index in [1.807, 2.05) is 79.9 Å². The predicted molar refractivity (Wildman–Crippen MR) is 226 cm³/mol. The van der Waals surface area contributed by atoms with Crippen molar-refractivity contribution in [1.29, 1.82) is 0 Å². The summed E-state index contributed by atoms with van der Waals surface area (Å²) in [6.45, 7) is 8.30. The van der Waals surface area contributed by atoms with Crippen molar-refractivity contribution in [3.05, 3.63) is 123 Å². The number of alkyl carbamates (subject to hydrolysis) is 1. The van der Waals surface area contributed by atoms with Crippen molar-refractivity contribution in [3.63, 3.8) is 0 Å². The molecule has 57 heavy (non-hydrogen) atoms.